The molecule has 0 spiro atoms. The van der Waals surface area contributed by atoms with Gasteiger partial charge in [-0.2, -0.15) is 0 Å². The molecule has 0 aliphatic heterocycles. The van der Waals surface area contributed by atoms with E-state index in [0.29, 0.717) is 23.6 Å². The van der Waals surface area contributed by atoms with Gasteiger partial charge in [0.25, 0.3) is 5.91 Å². The summed E-state index contributed by atoms with van der Waals surface area (Å²) in [5.74, 6) is 0.0254. The molecule has 112 valence electrons. The highest BCUT2D eigenvalue weighted by atomic mass is 35.5. The topological polar surface area (TPSA) is 55.1 Å². The highest BCUT2D eigenvalue weighted by Crippen LogP contribution is 2.22. The molecule has 1 aliphatic rings. The Morgan fingerprint density at radius 2 is 2.20 bits per heavy atom. The molecule has 2 unspecified atom stereocenters. The largest absolute Gasteiger partial charge is 0.352 e. The number of halogens is 2. The minimum atomic E-state index is -0.313. The van der Waals surface area contributed by atoms with Crippen LogP contribution >= 0.6 is 12.4 Å². The van der Waals surface area contributed by atoms with Crippen molar-refractivity contribution in [3.05, 3.63) is 35.1 Å². The smallest absolute Gasteiger partial charge is 0.251 e. The van der Waals surface area contributed by atoms with E-state index < -0.39 is 0 Å². The highest BCUT2D eigenvalue weighted by Gasteiger charge is 2.20. The molecule has 2 atom stereocenters. The second-order valence-corrected chi connectivity index (χ2v) is 5.46. The van der Waals surface area contributed by atoms with Gasteiger partial charge in [-0.15, -0.1) is 12.4 Å². The number of aryl methyl sites for hydroxylation is 1. The molecule has 1 aromatic rings. The van der Waals surface area contributed by atoms with Gasteiger partial charge in [0.1, 0.15) is 5.82 Å². The van der Waals surface area contributed by atoms with Crippen molar-refractivity contribution < 1.29 is 9.18 Å². The molecule has 1 aliphatic carbocycles. The van der Waals surface area contributed by atoms with Gasteiger partial charge in [-0.25, -0.2) is 4.39 Å². The summed E-state index contributed by atoms with van der Waals surface area (Å²) in [5, 5.41) is 2.93. The lowest BCUT2D eigenvalue weighted by Crippen LogP contribution is -2.35. The van der Waals surface area contributed by atoms with Crippen LogP contribution in [-0.4, -0.2) is 18.5 Å². The van der Waals surface area contributed by atoms with Crippen molar-refractivity contribution in [3.63, 3.8) is 0 Å². The molecule has 2 rings (SSSR count). The minimum absolute atomic E-state index is 0. The number of nitrogens with two attached hydrogens (primary N) is 1. The lowest BCUT2D eigenvalue weighted by Gasteiger charge is -2.26. The molecule has 3 N–H and O–H groups in total. The monoisotopic (exact) mass is 300 g/mol. The van der Waals surface area contributed by atoms with Crippen LogP contribution in [0.5, 0.6) is 0 Å². The third-order valence-corrected chi connectivity index (χ3v) is 3.81. The SMILES string of the molecule is Cc1cc(F)ccc1C(=O)NCC1CCCC(N)C1.Cl. The minimum Gasteiger partial charge on any atom is -0.352 e. The molecular formula is C15H22ClFN2O. The first-order valence-corrected chi connectivity index (χ1v) is 6.86. The summed E-state index contributed by atoms with van der Waals surface area (Å²) < 4.78 is 13.0. The van der Waals surface area contributed by atoms with Gasteiger partial charge < -0.3 is 11.1 Å². The van der Waals surface area contributed by atoms with Crippen molar-refractivity contribution >= 4 is 18.3 Å². The number of hydrogen-bond donors (Lipinski definition) is 2. The molecule has 3 nitrogen and oxygen atoms in total. The predicted octanol–water partition coefficient (Wildman–Crippen LogP) is 2.80. The van der Waals surface area contributed by atoms with Gasteiger partial charge >= 0.3 is 0 Å². The molecule has 1 aromatic carbocycles. The molecule has 1 saturated carbocycles. The van der Waals surface area contributed by atoms with Crippen molar-refractivity contribution in [1.29, 1.82) is 0 Å². The standard InChI is InChI=1S/C15H21FN2O.ClH/c1-10-7-12(16)5-6-14(10)15(19)18-9-11-3-2-4-13(17)8-11;/h5-7,11,13H,2-4,8-9,17H2,1H3,(H,18,19);1H. The Balaban J connectivity index is 0.00000200. The predicted molar refractivity (Wildman–Crippen MR) is 80.7 cm³/mol. The third kappa shape index (κ3) is 4.46. The van der Waals surface area contributed by atoms with Crippen molar-refractivity contribution in [1.82, 2.24) is 5.32 Å². The van der Waals surface area contributed by atoms with Crippen LogP contribution in [0.2, 0.25) is 0 Å². The van der Waals surface area contributed by atoms with E-state index >= 15 is 0 Å². The quantitative estimate of drug-likeness (QED) is 0.902. The van der Waals surface area contributed by atoms with Crippen molar-refractivity contribution in [2.45, 2.75) is 38.6 Å². The normalized spacial score (nSPS) is 21.9. The Morgan fingerprint density at radius 3 is 2.85 bits per heavy atom. The number of rotatable bonds is 3. The highest BCUT2D eigenvalue weighted by molar-refractivity contribution is 5.95. The van der Waals surface area contributed by atoms with Gasteiger partial charge in [-0.05, 0) is 55.9 Å². The second-order valence-electron chi connectivity index (χ2n) is 5.46. The lowest BCUT2D eigenvalue weighted by molar-refractivity contribution is 0.0942. The summed E-state index contributed by atoms with van der Waals surface area (Å²) in [6.45, 7) is 2.40. The molecule has 1 fully saturated rings. The first-order valence-electron chi connectivity index (χ1n) is 6.86. The van der Waals surface area contributed by atoms with Crippen LogP contribution in [0.15, 0.2) is 18.2 Å². The summed E-state index contributed by atoms with van der Waals surface area (Å²) >= 11 is 0. The molecule has 0 heterocycles. The first kappa shape index (κ1) is 16.9. The Hall–Kier alpha value is -1.13. The fourth-order valence-corrected chi connectivity index (χ4v) is 2.73. The van der Waals surface area contributed by atoms with Crippen LogP contribution in [-0.2, 0) is 0 Å². The third-order valence-electron chi connectivity index (χ3n) is 3.81. The Kier molecular flexibility index (Phi) is 6.43. The summed E-state index contributed by atoms with van der Waals surface area (Å²) in [6.07, 6.45) is 4.32. The number of benzene rings is 1. The molecule has 20 heavy (non-hydrogen) atoms. The zero-order valence-electron chi connectivity index (χ0n) is 11.7. The fourth-order valence-electron chi connectivity index (χ4n) is 2.73. The van der Waals surface area contributed by atoms with Gasteiger partial charge in [-0.3, -0.25) is 4.79 Å². The number of nitrogens with one attached hydrogen (secondary N) is 1. The van der Waals surface area contributed by atoms with Gasteiger partial charge in [0.15, 0.2) is 0 Å². The summed E-state index contributed by atoms with van der Waals surface area (Å²) in [6, 6.07) is 4.50. The van der Waals surface area contributed by atoms with E-state index in [1.165, 1.54) is 18.2 Å². The van der Waals surface area contributed by atoms with E-state index in [2.05, 4.69) is 5.32 Å². The van der Waals surface area contributed by atoms with Crippen LogP contribution in [0, 0.1) is 18.7 Å². The van der Waals surface area contributed by atoms with Crippen LogP contribution in [0.4, 0.5) is 4.39 Å². The van der Waals surface area contributed by atoms with Crippen LogP contribution in [0.25, 0.3) is 0 Å². The Bertz CT molecular complexity index is 467. The maximum Gasteiger partial charge on any atom is 0.251 e. The summed E-state index contributed by atoms with van der Waals surface area (Å²) in [4.78, 5) is 12.0. The average Bonchev–Trinajstić information content (AvgIpc) is 2.36. The van der Waals surface area contributed by atoms with E-state index in [-0.39, 0.29) is 30.2 Å². The zero-order valence-corrected chi connectivity index (χ0v) is 12.5. The van der Waals surface area contributed by atoms with Gasteiger partial charge in [0, 0.05) is 18.2 Å². The van der Waals surface area contributed by atoms with Gasteiger partial charge in [0.05, 0.1) is 0 Å². The van der Waals surface area contributed by atoms with Crippen LogP contribution < -0.4 is 11.1 Å². The van der Waals surface area contributed by atoms with E-state index in [4.69, 9.17) is 5.73 Å². The second kappa shape index (κ2) is 7.60. The molecule has 0 radical (unpaired) electrons. The lowest BCUT2D eigenvalue weighted by atomic mass is 9.86. The summed E-state index contributed by atoms with van der Waals surface area (Å²) in [5.41, 5.74) is 7.14. The molecular weight excluding hydrogens is 279 g/mol. The average molecular weight is 301 g/mol. The molecule has 5 heteroatoms. The fraction of sp³-hybridized carbons (Fsp3) is 0.533. The van der Waals surface area contributed by atoms with Crippen molar-refractivity contribution in [3.8, 4) is 0 Å². The van der Waals surface area contributed by atoms with Crippen molar-refractivity contribution in [2.75, 3.05) is 6.54 Å². The number of carbonyl (C=O) groups is 1. The van der Waals surface area contributed by atoms with Gasteiger partial charge in [-0.1, -0.05) is 6.42 Å². The van der Waals surface area contributed by atoms with Crippen molar-refractivity contribution in [2.24, 2.45) is 11.7 Å². The summed E-state index contributed by atoms with van der Waals surface area (Å²) in [7, 11) is 0. The zero-order chi connectivity index (χ0) is 13.8. The van der Waals surface area contributed by atoms with Gasteiger partial charge in [0.2, 0.25) is 0 Å². The van der Waals surface area contributed by atoms with E-state index in [9.17, 15) is 9.18 Å². The Labute approximate surface area is 125 Å². The van der Waals surface area contributed by atoms with E-state index in [1.807, 2.05) is 0 Å². The van der Waals surface area contributed by atoms with Crippen LogP contribution in [0.1, 0.15) is 41.6 Å². The Morgan fingerprint density at radius 1 is 1.45 bits per heavy atom. The maximum absolute atomic E-state index is 13.0. The molecule has 0 saturated heterocycles. The molecule has 0 bridgehead atoms. The molecule has 1 amide bonds. The van der Waals surface area contributed by atoms with Crippen LogP contribution in [0.3, 0.4) is 0 Å². The van der Waals surface area contributed by atoms with E-state index in [1.54, 1.807) is 6.92 Å². The number of hydrogen-bond acceptors (Lipinski definition) is 2. The first-order chi connectivity index (χ1) is 9.06. The number of carbonyl (C=O) groups excluding carboxylic acids is 1. The number of amides is 1. The van der Waals surface area contributed by atoms with E-state index in [0.717, 1.165) is 25.7 Å². The molecule has 0 aromatic heterocycles. The maximum atomic E-state index is 13.0.